The number of nitrogens with one attached hydrogen (secondary N) is 2. The fraction of sp³-hybridized carbons (Fsp3) is 0.529. The van der Waals surface area contributed by atoms with Crippen molar-refractivity contribution in [1.29, 1.82) is 0 Å². The molecule has 1 aliphatic carbocycles. The lowest BCUT2D eigenvalue weighted by Gasteiger charge is -2.33. The predicted octanol–water partition coefficient (Wildman–Crippen LogP) is 3.33. The van der Waals surface area contributed by atoms with Gasteiger partial charge in [0.25, 0.3) is 0 Å². The van der Waals surface area contributed by atoms with Gasteiger partial charge in [0, 0.05) is 10.9 Å². The molecular weight excluding hydrogens is 296 g/mol. The van der Waals surface area contributed by atoms with E-state index in [4.69, 9.17) is 0 Å². The fourth-order valence-electron chi connectivity index (χ4n) is 3.06. The molecule has 5 heteroatoms. The highest BCUT2D eigenvalue weighted by Crippen LogP contribution is 2.42. The smallest absolute Gasteiger partial charge is 0.250 e. The van der Waals surface area contributed by atoms with Crippen LogP contribution in [0.3, 0.4) is 0 Å². The molecule has 3 rings (SSSR count). The second kappa shape index (κ2) is 6.32. The van der Waals surface area contributed by atoms with Gasteiger partial charge in [0.05, 0.1) is 5.69 Å². The molecule has 0 bridgehead atoms. The molecule has 1 atom stereocenters. The van der Waals surface area contributed by atoms with Gasteiger partial charge in [0.15, 0.2) is 4.75 Å². The molecular formula is C17H22N2O2S. The number of hydrogen-bond acceptors (Lipinski definition) is 3. The third-order valence-electron chi connectivity index (χ3n) is 4.51. The number of carbonyl (C=O) groups excluding carboxylic acids is 2. The lowest BCUT2D eigenvalue weighted by Crippen LogP contribution is -2.54. The van der Waals surface area contributed by atoms with E-state index in [1.807, 2.05) is 24.3 Å². The highest BCUT2D eigenvalue weighted by molar-refractivity contribution is 8.02. The topological polar surface area (TPSA) is 58.2 Å². The van der Waals surface area contributed by atoms with Gasteiger partial charge in [-0.25, -0.2) is 0 Å². The number of amides is 2. The van der Waals surface area contributed by atoms with Crippen LogP contribution in [0, 0.1) is 0 Å². The minimum absolute atomic E-state index is 0.170. The molecule has 1 aromatic rings. The van der Waals surface area contributed by atoms with Crippen LogP contribution in [0.1, 0.15) is 45.4 Å². The SMILES string of the molecule is CC1(C(=O)NC2CCCCCC2)Sc2ccccc2NC1=O. The lowest BCUT2D eigenvalue weighted by molar-refractivity contribution is -0.130. The average molecular weight is 318 g/mol. The van der Waals surface area contributed by atoms with Gasteiger partial charge in [-0.15, -0.1) is 0 Å². The summed E-state index contributed by atoms with van der Waals surface area (Å²) in [6, 6.07) is 7.82. The Morgan fingerprint density at radius 3 is 2.64 bits per heavy atom. The predicted molar refractivity (Wildman–Crippen MR) is 89.0 cm³/mol. The van der Waals surface area contributed by atoms with Gasteiger partial charge < -0.3 is 10.6 Å². The highest BCUT2D eigenvalue weighted by Gasteiger charge is 2.46. The quantitative estimate of drug-likeness (QED) is 0.649. The van der Waals surface area contributed by atoms with E-state index in [9.17, 15) is 9.59 Å². The van der Waals surface area contributed by atoms with Crippen molar-refractivity contribution in [2.24, 2.45) is 0 Å². The Hall–Kier alpha value is -1.49. The van der Waals surface area contributed by atoms with Crippen molar-refractivity contribution in [3.05, 3.63) is 24.3 Å². The van der Waals surface area contributed by atoms with Crippen molar-refractivity contribution in [3.63, 3.8) is 0 Å². The van der Waals surface area contributed by atoms with Gasteiger partial charge >= 0.3 is 0 Å². The molecule has 0 radical (unpaired) electrons. The number of hydrogen-bond donors (Lipinski definition) is 2. The van der Waals surface area contributed by atoms with Crippen LogP contribution in [0.2, 0.25) is 0 Å². The van der Waals surface area contributed by atoms with Crippen LogP contribution in [-0.4, -0.2) is 22.6 Å². The summed E-state index contributed by atoms with van der Waals surface area (Å²) in [5, 5.41) is 5.97. The molecule has 0 aromatic heterocycles. The number of thioether (sulfide) groups is 1. The first kappa shape index (κ1) is 15.4. The van der Waals surface area contributed by atoms with E-state index in [2.05, 4.69) is 10.6 Å². The van der Waals surface area contributed by atoms with Crippen LogP contribution in [0.4, 0.5) is 5.69 Å². The maximum absolute atomic E-state index is 12.7. The normalized spacial score (nSPS) is 25.8. The lowest BCUT2D eigenvalue weighted by atomic mass is 10.0. The van der Waals surface area contributed by atoms with E-state index in [0.29, 0.717) is 0 Å². The zero-order chi connectivity index (χ0) is 15.6. The van der Waals surface area contributed by atoms with Crippen LogP contribution < -0.4 is 10.6 Å². The Kier molecular flexibility index (Phi) is 4.43. The molecule has 2 amide bonds. The summed E-state index contributed by atoms with van der Waals surface area (Å²) in [7, 11) is 0. The molecule has 1 unspecified atom stereocenters. The summed E-state index contributed by atoms with van der Waals surface area (Å²) in [4.78, 5) is 26.1. The molecule has 1 heterocycles. The summed E-state index contributed by atoms with van der Waals surface area (Å²) in [6.07, 6.45) is 6.83. The number of anilines is 1. The minimum Gasteiger partial charge on any atom is -0.352 e. The van der Waals surface area contributed by atoms with Gasteiger partial charge in [-0.2, -0.15) is 0 Å². The molecule has 118 valence electrons. The van der Waals surface area contributed by atoms with Crippen molar-refractivity contribution >= 4 is 29.3 Å². The van der Waals surface area contributed by atoms with Gasteiger partial charge in [-0.05, 0) is 31.9 Å². The molecule has 0 spiro atoms. The highest BCUT2D eigenvalue weighted by atomic mass is 32.2. The van der Waals surface area contributed by atoms with Crippen molar-refractivity contribution in [2.75, 3.05) is 5.32 Å². The van der Waals surface area contributed by atoms with Crippen LogP contribution in [-0.2, 0) is 9.59 Å². The van der Waals surface area contributed by atoms with E-state index in [1.165, 1.54) is 24.6 Å². The number of fused-ring (bicyclic) bond motifs is 1. The molecule has 0 saturated heterocycles. The molecule has 4 nitrogen and oxygen atoms in total. The van der Waals surface area contributed by atoms with Crippen molar-refractivity contribution in [1.82, 2.24) is 5.32 Å². The average Bonchev–Trinajstić information content (AvgIpc) is 2.77. The molecule has 2 N–H and O–H groups in total. The van der Waals surface area contributed by atoms with Crippen LogP contribution in [0.15, 0.2) is 29.2 Å². The fourth-order valence-corrected chi connectivity index (χ4v) is 4.17. The Bertz CT molecular complexity index is 582. The zero-order valence-electron chi connectivity index (χ0n) is 12.9. The van der Waals surface area contributed by atoms with E-state index >= 15 is 0 Å². The second-order valence-electron chi connectivity index (χ2n) is 6.25. The maximum Gasteiger partial charge on any atom is 0.250 e. The first-order valence-corrected chi connectivity index (χ1v) is 8.82. The maximum atomic E-state index is 12.7. The van der Waals surface area contributed by atoms with E-state index < -0.39 is 4.75 Å². The first-order valence-electron chi connectivity index (χ1n) is 8.00. The number of carbonyl (C=O) groups is 2. The van der Waals surface area contributed by atoms with E-state index in [1.54, 1.807) is 6.92 Å². The van der Waals surface area contributed by atoms with Gasteiger partial charge in [-0.3, -0.25) is 9.59 Å². The summed E-state index contributed by atoms with van der Waals surface area (Å²) in [6.45, 7) is 1.72. The monoisotopic (exact) mass is 318 g/mol. The summed E-state index contributed by atoms with van der Waals surface area (Å²) in [5.74, 6) is -0.404. The van der Waals surface area contributed by atoms with E-state index in [-0.39, 0.29) is 17.9 Å². The number of rotatable bonds is 2. The Labute approximate surface area is 135 Å². The van der Waals surface area contributed by atoms with Crippen molar-refractivity contribution in [2.45, 2.75) is 61.1 Å². The van der Waals surface area contributed by atoms with Crippen molar-refractivity contribution in [3.8, 4) is 0 Å². The van der Waals surface area contributed by atoms with Crippen LogP contribution in [0.5, 0.6) is 0 Å². The third kappa shape index (κ3) is 3.00. The molecule has 1 aromatic carbocycles. The van der Waals surface area contributed by atoms with Gasteiger partial charge in [-0.1, -0.05) is 49.6 Å². The summed E-state index contributed by atoms with van der Waals surface area (Å²) < 4.78 is -1.10. The Morgan fingerprint density at radius 2 is 1.91 bits per heavy atom. The molecule has 22 heavy (non-hydrogen) atoms. The third-order valence-corrected chi connectivity index (χ3v) is 5.86. The molecule has 1 saturated carbocycles. The van der Waals surface area contributed by atoms with Gasteiger partial charge in [0.2, 0.25) is 11.8 Å². The standard InChI is InChI=1S/C17H22N2O2S/c1-17(15(20)18-12-8-4-2-3-5-9-12)16(21)19-13-10-6-7-11-14(13)22-17/h6-7,10-12H,2-5,8-9H2,1H3,(H,18,20)(H,19,21). The molecule has 1 aliphatic heterocycles. The second-order valence-corrected chi connectivity index (χ2v) is 7.71. The summed E-state index contributed by atoms with van der Waals surface area (Å²) >= 11 is 1.35. The van der Waals surface area contributed by atoms with Crippen LogP contribution >= 0.6 is 11.8 Å². The molecule has 1 fully saturated rings. The molecule has 2 aliphatic rings. The van der Waals surface area contributed by atoms with Crippen LogP contribution in [0.25, 0.3) is 0 Å². The number of para-hydroxylation sites is 1. The van der Waals surface area contributed by atoms with Crippen molar-refractivity contribution < 1.29 is 9.59 Å². The van der Waals surface area contributed by atoms with E-state index in [0.717, 1.165) is 36.3 Å². The first-order chi connectivity index (χ1) is 10.6. The number of benzene rings is 1. The minimum atomic E-state index is -1.10. The summed E-state index contributed by atoms with van der Waals surface area (Å²) in [5.41, 5.74) is 0.789. The van der Waals surface area contributed by atoms with Gasteiger partial charge in [0.1, 0.15) is 0 Å². The Morgan fingerprint density at radius 1 is 1.23 bits per heavy atom. The zero-order valence-corrected chi connectivity index (χ0v) is 13.7. The largest absolute Gasteiger partial charge is 0.352 e. The Balaban J connectivity index is 1.74.